The van der Waals surface area contributed by atoms with Crippen molar-refractivity contribution in [2.45, 2.75) is 33.2 Å². The minimum atomic E-state index is -0.145. The SMILES string of the molecule is CCN1C(=O)CCN(C(C)C)C1=O. The number of carbonyl (C=O) groups is 2. The highest BCUT2D eigenvalue weighted by molar-refractivity contribution is 5.96. The van der Waals surface area contributed by atoms with Crippen molar-refractivity contribution in [2.75, 3.05) is 13.1 Å². The summed E-state index contributed by atoms with van der Waals surface area (Å²) in [6, 6.07) is 0.0309. The van der Waals surface area contributed by atoms with Gasteiger partial charge in [-0.25, -0.2) is 4.79 Å². The summed E-state index contributed by atoms with van der Waals surface area (Å²) >= 11 is 0. The van der Waals surface area contributed by atoms with Crippen LogP contribution in [0.5, 0.6) is 0 Å². The van der Waals surface area contributed by atoms with Crippen LogP contribution >= 0.6 is 0 Å². The van der Waals surface area contributed by atoms with Gasteiger partial charge < -0.3 is 4.90 Å². The Balaban J connectivity index is 2.75. The van der Waals surface area contributed by atoms with Crippen molar-refractivity contribution < 1.29 is 9.59 Å². The van der Waals surface area contributed by atoms with Crippen LogP contribution in [0.2, 0.25) is 0 Å². The molecule has 1 aliphatic rings. The second-order valence-corrected chi connectivity index (χ2v) is 3.46. The fraction of sp³-hybridized carbons (Fsp3) is 0.778. The summed E-state index contributed by atoms with van der Waals surface area (Å²) in [5.74, 6) is -0.0515. The van der Waals surface area contributed by atoms with Crippen molar-refractivity contribution in [3.05, 3.63) is 0 Å². The molecule has 0 bridgehead atoms. The Morgan fingerprint density at radius 1 is 1.38 bits per heavy atom. The Morgan fingerprint density at radius 3 is 2.46 bits per heavy atom. The maximum absolute atomic E-state index is 11.6. The lowest BCUT2D eigenvalue weighted by atomic mass is 10.2. The number of rotatable bonds is 2. The van der Waals surface area contributed by atoms with Crippen LogP contribution in [0.1, 0.15) is 27.2 Å². The summed E-state index contributed by atoms with van der Waals surface area (Å²) in [6.07, 6.45) is 0.456. The number of carbonyl (C=O) groups excluding carboxylic acids is 2. The topological polar surface area (TPSA) is 40.6 Å². The zero-order valence-corrected chi connectivity index (χ0v) is 8.41. The van der Waals surface area contributed by atoms with E-state index >= 15 is 0 Å². The summed E-state index contributed by atoms with van der Waals surface area (Å²) in [4.78, 5) is 26.0. The van der Waals surface area contributed by atoms with E-state index in [1.807, 2.05) is 20.8 Å². The van der Waals surface area contributed by atoms with Crippen LogP contribution in [0.4, 0.5) is 4.79 Å². The molecular formula is C9H16N2O2. The van der Waals surface area contributed by atoms with Gasteiger partial charge in [0.1, 0.15) is 0 Å². The molecule has 0 aliphatic carbocycles. The smallest absolute Gasteiger partial charge is 0.321 e. The molecule has 0 aromatic heterocycles. The molecule has 74 valence electrons. The van der Waals surface area contributed by atoms with Crippen LogP contribution in [0.25, 0.3) is 0 Å². The number of hydrogen-bond acceptors (Lipinski definition) is 2. The molecule has 1 saturated heterocycles. The summed E-state index contributed by atoms with van der Waals surface area (Å²) in [6.45, 7) is 6.77. The second-order valence-electron chi connectivity index (χ2n) is 3.46. The Kier molecular flexibility index (Phi) is 2.90. The highest BCUT2D eigenvalue weighted by atomic mass is 16.2. The van der Waals surface area contributed by atoms with Gasteiger partial charge in [-0.2, -0.15) is 0 Å². The number of hydrogen-bond donors (Lipinski definition) is 0. The van der Waals surface area contributed by atoms with Crippen molar-refractivity contribution >= 4 is 11.9 Å². The fourth-order valence-electron chi connectivity index (χ4n) is 1.50. The number of nitrogens with zero attached hydrogens (tertiary/aromatic N) is 2. The number of amides is 3. The molecule has 3 amide bonds. The van der Waals surface area contributed by atoms with Crippen molar-refractivity contribution in [3.8, 4) is 0 Å². The third-order valence-corrected chi connectivity index (χ3v) is 2.28. The van der Waals surface area contributed by atoms with E-state index < -0.39 is 0 Å². The predicted molar refractivity (Wildman–Crippen MR) is 49.2 cm³/mol. The lowest BCUT2D eigenvalue weighted by molar-refractivity contribution is -0.131. The van der Waals surface area contributed by atoms with Gasteiger partial charge in [-0.1, -0.05) is 0 Å². The molecule has 1 heterocycles. The van der Waals surface area contributed by atoms with E-state index in [4.69, 9.17) is 0 Å². The Labute approximate surface area is 78.5 Å². The van der Waals surface area contributed by atoms with Crippen molar-refractivity contribution in [1.29, 1.82) is 0 Å². The maximum Gasteiger partial charge on any atom is 0.326 e. The van der Waals surface area contributed by atoms with E-state index in [0.29, 0.717) is 19.5 Å². The minimum absolute atomic E-state index is 0.0515. The number of imide groups is 1. The molecular weight excluding hydrogens is 168 g/mol. The number of urea groups is 1. The molecule has 4 heteroatoms. The summed E-state index contributed by atoms with van der Waals surface area (Å²) < 4.78 is 0. The standard InChI is InChI=1S/C9H16N2O2/c1-4-10-8(12)5-6-11(7(2)3)9(10)13/h7H,4-6H2,1-3H3. The van der Waals surface area contributed by atoms with Gasteiger partial charge in [0.2, 0.25) is 5.91 Å². The summed E-state index contributed by atoms with van der Waals surface area (Å²) in [5.41, 5.74) is 0. The van der Waals surface area contributed by atoms with Crippen molar-refractivity contribution in [2.24, 2.45) is 0 Å². The molecule has 0 N–H and O–H groups in total. The van der Waals surface area contributed by atoms with Gasteiger partial charge in [0.25, 0.3) is 0 Å². The molecule has 0 saturated carbocycles. The molecule has 1 fully saturated rings. The van der Waals surface area contributed by atoms with Crippen LogP contribution < -0.4 is 0 Å². The molecule has 0 spiro atoms. The van der Waals surface area contributed by atoms with E-state index in [1.165, 1.54) is 4.90 Å². The highest BCUT2D eigenvalue weighted by Crippen LogP contribution is 2.12. The molecule has 0 unspecified atom stereocenters. The zero-order valence-electron chi connectivity index (χ0n) is 8.41. The highest BCUT2D eigenvalue weighted by Gasteiger charge is 2.31. The molecule has 1 aliphatic heterocycles. The lowest BCUT2D eigenvalue weighted by Gasteiger charge is -2.35. The molecule has 4 nitrogen and oxygen atoms in total. The average molecular weight is 184 g/mol. The lowest BCUT2D eigenvalue weighted by Crippen LogP contribution is -2.54. The summed E-state index contributed by atoms with van der Waals surface area (Å²) in [5, 5.41) is 0. The van der Waals surface area contributed by atoms with Gasteiger partial charge in [0.15, 0.2) is 0 Å². The fourth-order valence-corrected chi connectivity index (χ4v) is 1.50. The Morgan fingerprint density at radius 2 is 2.00 bits per heavy atom. The van der Waals surface area contributed by atoms with Gasteiger partial charge in [-0.3, -0.25) is 9.69 Å². The minimum Gasteiger partial charge on any atom is -0.321 e. The zero-order chi connectivity index (χ0) is 10.0. The first-order valence-corrected chi connectivity index (χ1v) is 4.69. The van der Waals surface area contributed by atoms with Crippen LogP contribution in [0.3, 0.4) is 0 Å². The van der Waals surface area contributed by atoms with E-state index in [9.17, 15) is 9.59 Å². The third-order valence-electron chi connectivity index (χ3n) is 2.28. The van der Waals surface area contributed by atoms with Gasteiger partial charge in [-0.15, -0.1) is 0 Å². The van der Waals surface area contributed by atoms with Crippen molar-refractivity contribution in [3.63, 3.8) is 0 Å². The normalized spacial score (nSPS) is 18.8. The molecule has 0 radical (unpaired) electrons. The molecule has 13 heavy (non-hydrogen) atoms. The first-order valence-electron chi connectivity index (χ1n) is 4.69. The third kappa shape index (κ3) is 1.82. The second kappa shape index (κ2) is 3.77. The van der Waals surface area contributed by atoms with E-state index in [-0.39, 0.29) is 18.0 Å². The largest absolute Gasteiger partial charge is 0.326 e. The van der Waals surface area contributed by atoms with Crippen molar-refractivity contribution in [1.82, 2.24) is 9.80 Å². The maximum atomic E-state index is 11.6. The van der Waals surface area contributed by atoms with E-state index in [2.05, 4.69) is 0 Å². The van der Waals surface area contributed by atoms with Crippen LogP contribution in [0.15, 0.2) is 0 Å². The Hall–Kier alpha value is -1.06. The van der Waals surface area contributed by atoms with Gasteiger partial charge in [0.05, 0.1) is 0 Å². The van der Waals surface area contributed by atoms with Gasteiger partial charge in [0, 0.05) is 25.6 Å². The molecule has 0 atom stereocenters. The monoisotopic (exact) mass is 184 g/mol. The quantitative estimate of drug-likeness (QED) is 0.644. The average Bonchev–Trinajstić information content (AvgIpc) is 2.04. The first kappa shape index (κ1) is 10.0. The van der Waals surface area contributed by atoms with Crippen LogP contribution in [-0.4, -0.2) is 40.9 Å². The van der Waals surface area contributed by atoms with Crippen LogP contribution in [-0.2, 0) is 4.79 Å². The molecule has 1 rings (SSSR count). The van der Waals surface area contributed by atoms with Gasteiger partial charge >= 0.3 is 6.03 Å². The summed E-state index contributed by atoms with van der Waals surface area (Å²) in [7, 11) is 0. The van der Waals surface area contributed by atoms with Crippen LogP contribution in [0, 0.1) is 0 Å². The van der Waals surface area contributed by atoms with Gasteiger partial charge in [-0.05, 0) is 20.8 Å². The van der Waals surface area contributed by atoms with E-state index in [0.717, 1.165) is 0 Å². The predicted octanol–water partition coefficient (Wildman–Crippen LogP) is 1.07. The molecule has 0 aromatic rings. The molecule has 0 aromatic carbocycles. The first-order chi connectivity index (χ1) is 6.07. The van der Waals surface area contributed by atoms with E-state index in [1.54, 1.807) is 4.90 Å². The Bertz CT molecular complexity index is 226.